The lowest BCUT2D eigenvalue weighted by molar-refractivity contribution is 0.900. The van der Waals surface area contributed by atoms with E-state index in [2.05, 4.69) is 4.98 Å². The summed E-state index contributed by atoms with van der Waals surface area (Å²) in [5.74, 6) is 0. The summed E-state index contributed by atoms with van der Waals surface area (Å²) in [4.78, 5) is 24.8. The molecular formula is C11H11N3O2. The third kappa shape index (κ3) is 1.75. The summed E-state index contributed by atoms with van der Waals surface area (Å²) in [6.45, 7) is 1.95. The summed E-state index contributed by atoms with van der Waals surface area (Å²) < 4.78 is 1.30. The van der Waals surface area contributed by atoms with E-state index in [1.54, 1.807) is 12.1 Å². The molecule has 2 rings (SSSR count). The summed E-state index contributed by atoms with van der Waals surface area (Å²) in [7, 11) is 0. The van der Waals surface area contributed by atoms with Gasteiger partial charge in [0.15, 0.2) is 0 Å². The van der Waals surface area contributed by atoms with Crippen LogP contribution in [0, 0.1) is 6.92 Å². The first-order valence-electron chi connectivity index (χ1n) is 4.76. The van der Waals surface area contributed by atoms with Crippen LogP contribution in [-0.4, -0.2) is 9.55 Å². The number of hydrogen-bond acceptors (Lipinski definition) is 3. The highest BCUT2D eigenvalue weighted by Crippen LogP contribution is 2.06. The lowest BCUT2D eigenvalue weighted by atomic mass is 10.2. The van der Waals surface area contributed by atoms with Crippen molar-refractivity contribution in [3.63, 3.8) is 0 Å². The molecule has 2 aromatic rings. The molecule has 0 atom stereocenters. The number of nitrogens with one attached hydrogen (secondary N) is 1. The van der Waals surface area contributed by atoms with Crippen molar-refractivity contribution in [1.82, 2.24) is 9.55 Å². The van der Waals surface area contributed by atoms with E-state index in [1.165, 1.54) is 10.8 Å². The molecule has 0 radical (unpaired) electrons. The Balaban J connectivity index is 2.65. The molecule has 0 spiro atoms. The summed E-state index contributed by atoms with van der Waals surface area (Å²) >= 11 is 0. The third-order valence-electron chi connectivity index (χ3n) is 2.28. The van der Waals surface area contributed by atoms with Crippen LogP contribution in [0.1, 0.15) is 5.56 Å². The molecule has 5 heteroatoms. The summed E-state index contributed by atoms with van der Waals surface area (Å²) in [5, 5.41) is 0. The molecule has 82 valence electrons. The molecule has 1 aromatic carbocycles. The van der Waals surface area contributed by atoms with Crippen LogP contribution in [0.4, 0.5) is 5.69 Å². The zero-order chi connectivity index (χ0) is 11.7. The minimum Gasteiger partial charge on any atom is -0.393 e. The van der Waals surface area contributed by atoms with Crippen molar-refractivity contribution in [1.29, 1.82) is 0 Å². The van der Waals surface area contributed by atoms with Gasteiger partial charge in [-0.1, -0.05) is 17.7 Å². The fourth-order valence-corrected chi connectivity index (χ4v) is 1.38. The van der Waals surface area contributed by atoms with E-state index in [1.807, 2.05) is 19.1 Å². The Hall–Kier alpha value is -2.30. The van der Waals surface area contributed by atoms with Gasteiger partial charge in [-0.2, -0.15) is 0 Å². The number of benzene rings is 1. The summed E-state index contributed by atoms with van der Waals surface area (Å²) in [6.07, 6.45) is 1.33. The topological polar surface area (TPSA) is 80.9 Å². The Morgan fingerprint density at radius 1 is 1.19 bits per heavy atom. The van der Waals surface area contributed by atoms with Crippen molar-refractivity contribution in [2.75, 3.05) is 5.73 Å². The number of anilines is 1. The highest BCUT2D eigenvalue weighted by Gasteiger charge is 2.02. The lowest BCUT2D eigenvalue weighted by Gasteiger charge is -2.05. The van der Waals surface area contributed by atoms with E-state index >= 15 is 0 Å². The molecule has 0 aliphatic carbocycles. The van der Waals surface area contributed by atoms with Crippen LogP contribution in [0.25, 0.3) is 5.69 Å². The SMILES string of the molecule is Cc1ccc(-n2cc(N)c(=O)[nH]c2=O)cc1. The smallest absolute Gasteiger partial charge is 0.333 e. The van der Waals surface area contributed by atoms with E-state index in [4.69, 9.17) is 5.73 Å². The highest BCUT2D eigenvalue weighted by molar-refractivity contribution is 5.38. The molecular weight excluding hydrogens is 206 g/mol. The molecule has 1 heterocycles. The van der Waals surface area contributed by atoms with Gasteiger partial charge in [0.1, 0.15) is 5.69 Å². The number of aromatic nitrogens is 2. The average Bonchev–Trinajstić information content (AvgIpc) is 2.25. The molecule has 0 fully saturated rings. The Morgan fingerprint density at radius 3 is 2.44 bits per heavy atom. The second-order valence-corrected chi connectivity index (χ2v) is 3.55. The van der Waals surface area contributed by atoms with Gasteiger partial charge in [0.05, 0.1) is 5.69 Å². The zero-order valence-electron chi connectivity index (χ0n) is 8.73. The summed E-state index contributed by atoms with van der Waals surface area (Å²) in [6, 6.07) is 7.33. The predicted octanol–water partition coefficient (Wildman–Crippen LogP) is 0.416. The van der Waals surface area contributed by atoms with Crippen molar-refractivity contribution in [3.8, 4) is 5.69 Å². The maximum absolute atomic E-state index is 11.5. The molecule has 0 saturated carbocycles. The highest BCUT2D eigenvalue weighted by atomic mass is 16.2. The Kier molecular flexibility index (Phi) is 2.36. The standard InChI is InChI=1S/C11H11N3O2/c1-7-2-4-8(5-3-7)14-6-9(12)10(15)13-11(14)16/h2-6H,12H2,1H3,(H,13,15,16). The van der Waals surface area contributed by atoms with Crippen molar-refractivity contribution in [3.05, 3.63) is 56.9 Å². The third-order valence-corrected chi connectivity index (χ3v) is 2.28. The maximum Gasteiger partial charge on any atom is 0.333 e. The van der Waals surface area contributed by atoms with Crippen LogP contribution in [0.2, 0.25) is 0 Å². The lowest BCUT2D eigenvalue weighted by Crippen LogP contribution is -2.29. The van der Waals surface area contributed by atoms with Gasteiger partial charge in [-0.15, -0.1) is 0 Å². The minimum absolute atomic E-state index is 0.0141. The number of hydrogen-bond donors (Lipinski definition) is 2. The van der Waals surface area contributed by atoms with E-state index in [-0.39, 0.29) is 5.69 Å². The van der Waals surface area contributed by atoms with Crippen LogP contribution in [0.15, 0.2) is 40.1 Å². The zero-order valence-corrected chi connectivity index (χ0v) is 8.73. The molecule has 16 heavy (non-hydrogen) atoms. The number of H-pyrrole nitrogens is 1. The largest absolute Gasteiger partial charge is 0.393 e. The Labute approximate surface area is 91.2 Å². The first-order valence-corrected chi connectivity index (χ1v) is 4.76. The van der Waals surface area contributed by atoms with Gasteiger partial charge in [0.2, 0.25) is 0 Å². The van der Waals surface area contributed by atoms with Crippen LogP contribution < -0.4 is 17.0 Å². The number of aromatic amines is 1. The molecule has 0 amide bonds. The van der Waals surface area contributed by atoms with Crippen LogP contribution in [0.3, 0.4) is 0 Å². The van der Waals surface area contributed by atoms with Gasteiger partial charge in [-0.25, -0.2) is 4.79 Å². The quantitative estimate of drug-likeness (QED) is 0.726. The molecule has 0 saturated heterocycles. The van der Waals surface area contributed by atoms with Gasteiger partial charge < -0.3 is 5.73 Å². The predicted molar refractivity (Wildman–Crippen MR) is 61.8 cm³/mol. The van der Waals surface area contributed by atoms with Gasteiger partial charge >= 0.3 is 5.69 Å². The van der Waals surface area contributed by atoms with Crippen LogP contribution >= 0.6 is 0 Å². The number of rotatable bonds is 1. The number of nitrogens with zero attached hydrogens (tertiary/aromatic N) is 1. The van der Waals surface area contributed by atoms with E-state index < -0.39 is 11.2 Å². The monoisotopic (exact) mass is 217 g/mol. The van der Waals surface area contributed by atoms with Crippen molar-refractivity contribution < 1.29 is 0 Å². The van der Waals surface area contributed by atoms with Crippen molar-refractivity contribution >= 4 is 5.69 Å². The van der Waals surface area contributed by atoms with Crippen LogP contribution in [0.5, 0.6) is 0 Å². The molecule has 0 bridgehead atoms. The van der Waals surface area contributed by atoms with Gasteiger partial charge in [-0.3, -0.25) is 14.3 Å². The van der Waals surface area contributed by atoms with Crippen LogP contribution in [-0.2, 0) is 0 Å². The first-order chi connectivity index (χ1) is 7.58. The number of aryl methyl sites for hydroxylation is 1. The number of nitrogen functional groups attached to an aromatic ring is 1. The second-order valence-electron chi connectivity index (χ2n) is 3.55. The maximum atomic E-state index is 11.5. The average molecular weight is 217 g/mol. The summed E-state index contributed by atoms with van der Waals surface area (Å²) in [5.41, 5.74) is 6.17. The Morgan fingerprint density at radius 2 is 1.81 bits per heavy atom. The van der Waals surface area contributed by atoms with Gasteiger partial charge in [-0.05, 0) is 19.1 Å². The van der Waals surface area contributed by atoms with E-state index in [0.717, 1.165) is 5.56 Å². The molecule has 0 aliphatic rings. The van der Waals surface area contributed by atoms with Crippen molar-refractivity contribution in [2.24, 2.45) is 0 Å². The number of nitrogens with two attached hydrogens (primary N) is 1. The normalized spacial score (nSPS) is 10.3. The molecule has 0 aliphatic heterocycles. The molecule has 3 N–H and O–H groups in total. The van der Waals surface area contributed by atoms with Crippen molar-refractivity contribution in [2.45, 2.75) is 6.92 Å². The first kappa shape index (κ1) is 10.2. The van der Waals surface area contributed by atoms with Gasteiger partial charge in [0, 0.05) is 6.20 Å². The van der Waals surface area contributed by atoms with Gasteiger partial charge in [0.25, 0.3) is 5.56 Å². The molecule has 5 nitrogen and oxygen atoms in total. The van der Waals surface area contributed by atoms with E-state index in [9.17, 15) is 9.59 Å². The molecule has 0 unspecified atom stereocenters. The minimum atomic E-state index is -0.562. The fraction of sp³-hybridized carbons (Fsp3) is 0.0909. The second kappa shape index (κ2) is 3.69. The Bertz CT molecular complexity index is 623. The van der Waals surface area contributed by atoms with E-state index in [0.29, 0.717) is 5.69 Å². The fourth-order valence-electron chi connectivity index (χ4n) is 1.38. The molecule has 1 aromatic heterocycles.